The van der Waals surface area contributed by atoms with E-state index in [-0.39, 0.29) is 12.4 Å². The predicted molar refractivity (Wildman–Crippen MR) is 101 cm³/mol. The Morgan fingerprint density at radius 2 is 1.92 bits per heavy atom. The highest BCUT2D eigenvalue weighted by atomic mass is 32.2. The first-order valence-corrected chi connectivity index (χ1v) is 10.2. The summed E-state index contributed by atoms with van der Waals surface area (Å²) in [5, 5.41) is 20.0. The third-order valence-corrected chi connectivity index (χ3v) is 6.39. The summed E-state index contributed by atoms with van der Waals surface area (Å²) in [4.78, 5) is 1.98. The number of benzene rings is 2. The molecule has 140 valence electrons. The van der Waals surface area contributed by atoms with Gasteiger partial charge in [0.05, 0.1) is 24.2 Å². The van der Waals surface area contributed by atoms with Gasteiger partial charge in [0, 0.05) is 26.7 Å². The summed E-state index contributed by atoms with van der Waals surface area (Å²) in [6.45, 7) is 1.44. The lowest BCUT2D eigenvalue weighted by molar-refractivity contribution is 0.0956. The Morgan fingerprint density at radius 1 is 1.19 bits per heavy atom. The minimum Gasteiger partial charge on any atom is -0.395 e. The van der Waals surface area contributed by atoms with Crippen molar-refractivity contribution in [3.05, 3.63) is 65.2 Å². The molecule has 0 saturated carbocycles. The highest BCUT2D eigenvalue weighted by Gasteiger charge is 2.30. The molecule has 0 radical (unpaired) electrons. The molecular formula is C19H24N2O4S. The normalized spacial score (nSPS) is 16.7. The predicted octanol–water partition coefficient (Wildman–Crippen LogP) is 1.49. The second-order valence-corrected chi connectivity index (χ2v) is 8.57. The number of anilines is 1. The van der Waals surface area contributed by atoms with E-state index in [4.69, 9.17) is 0 Å². The minimum atomic E-state index is -3.29. The van der Waals surface area contributed by atoms with Crippen LogP contribution >= 0.6 is 0 Å². The van der Waals surface area contributed by atoms with Gasteiger partial charge in [-0.2, -0.15) is 0 Å². The van der Waals surface area contributed by atoms with E-state index in [9.17, 15) is 18.6 Å². The van der Waals surface area contributed by atoms with E-state index < -0.39 is 16.1 Å². The summed E-state index contributed by atoms with van der Waals surface area (Å²) in [7, 11) is -1.75. The number of hydrogen-bond donors (Lipinski definition) is 2. The van der Waals surface area contributed by atoms with Crippen molar-refractivity contribution in [3.8, 4) is 0 Å². The van der Waals surface area contributed by atoms with Gasteiger partial charge in [0.15, 0.2) is 0 Å². The van der Waals surface area contributed by atoms with Crippen molar-refractivity contribution in [3.63, 3.8) is 0 Å². The summed E-state index contributed by atoms with van der Waals surface area (Å²) in [5.74, 6) is -0.0379. The standard InChI is InChI=1S/C19H24N2O4S/c1-20-18-8-7-16(11-17(18)14-26(20,24)25)19(23)13-21(9-10-22)12-15-5-3-2-4-6-15/h2-8,11,19,22-23H,9-10,12-14H2,1H3. The Morgan fingerprint density at radius 3 is 2.62 bits per heavy atom. The third kappa shape index (κ3) is 4.07. The quantitative estimate of drug-likeness (QED) is 0.765. The molecule has 1 aliphatic heterocycles. The van der Waals surface area contributed by atoms with Crippen molar-refractivity contribution in [2.24, 2.45) is 0 Å². The summed E-state index contributed by atoms with van der Waals surface area (Å²) in [6.07, 6.45) is -0.760. The number of aliphatic hydroxyl groups excluding tert-OH is 2. The average Bonchev–Trinajstić information content (AvgIpc) is 2.84. The van der Waals surface area contributed by atoms with Gasteiger partial charge in [0.2, 0.25) is 10.0 Å². The molecule has 0 spiro atoms. The van der Waals surface area contributed by atoms with Crippen LogP contribution in [0.25, 0.3) is 0 Å². The molecule has 0 saturated heterocycles. The Balaban J connectivity index is 1.73. The molecule has 2 aromatic rings. The van der Waals surface area contributed by atoms with E-state index in [0.717, 1.165) is 5.56 Å². The Kier molecular flexibility index (Phi) is 5.62. The van der Waals surface area contributed by atoms with Crippen molar-refractivity contribution in [2.75, 3.05) is 31.0 Å². The van der Waals surface area contributed by atoms with E-state index in [1.54, 1.807) is 25.2 Å². The van der Waals surface area contributed by atoms with E-state index in [1.165, 1.54) is 4.31 Å². The van der Waals surface area contributed by atoms with Crippen LogP contribution in [-0.4, -0.2) is 50.3 Å². The fourth-order valence-corrected chi connectivity index (χ4v) is 4.54. The highest BCUT2D eigenvalue weighted by Crippen LogP contribution is 2.34. The van der Waals surface area contributed by atoms with E-state index >= 15 is 0 Å². The molecule has 26 heavy (non-hydrogen) atoms. The van der Waals surface area contributed by atoms with Gasteiger partial charge in [-0.15, -0.1) is 0 Å². The maximum atomic E-state index is 12.0. The SMILES string of the molecule is CN1c2ccc(C(O)CN(CCO)Cc3ccccc3)cc2CS1(=O)=O. The molecule has 0 aliphatic carbocycles. The molecular weight excluding hydrogens is 352 g/mol. The van der Waals surface area contributed by atoms with Gasteiger partial charge in [-0.3, -0.25) is 9.21 Å². The molecule has 1 unspecified atom stereocenters. The van der Waals surface area contributed by atoms with Crippen LogP contribution in [0.1, 0.15) is 22.8 Å². The monoisotopic (exact) mass is 376 g/mol. The maximum Gasteiger partial charge on any atom is 0.239 e. The lowest BCUT2D eigenvalue weighted by atomic mass is 10.0. The first kappa shape index (κ1) is 18.8. The van der Waals surface area contributed by atoms with Crippen LogP contribution in [0, 0.1) is 0 Å². The number of aliphatic hydroxyl groups is 2. The van der Waals surface area contributed by atoms with Gasteiger partial charge in [0.25, 0.3) is 0 Å². The molecule has 2 aromatic carbocycles. The largest absolute Gasteiger partial charge is 0.395 e. The van der Waals surface area contributed by atoms with Crippen molar-refractivity contribution >= 4 is 15.7 Å². The topological polar surface area (TPSA) is 81.1 Å². The van der Waals surface area contributed by atoms with Crippen molar-refractivity contribution in [2.45, 2.75) is 18.4 Å². The average molecular weight is 376 g/mol. The van der Waals surface area contributed by atoms with Crippen molar-refractivity contribution in [1.29, 1.82) is 0 Å². The summed E-state index contributed by atoms with van der Waals surface area (Å²) in [6, 6.07) is 15.2. The molecule has 6 nitrogen and oxygen atoms in total. The summed E-state index contributed by atoms with van der Waals surface area (Å²) in [5.41, 5.74) is 3.17. The fraction of sp³-hybridized carbons (Fsp3) is 0.368. The smallest absolute Gasteiger partial charge is 0.239 e. The number of sulfonamides is 1. The molecule has 0 aromatic heterocycles. The van der Waals surface area contributed by atoms with Crippen LogP contribution in [0.5, 0.6) is 0 Å². The maximum absolute atomic E-state index is 12.0. The Labute approximate surface area is 154 Å². The zero-order chi connectivity index (χ0) is 18.7. The van der Waals surface area contributed by atoms with Gasteiger partial charge in [0.1, 0.15) is 0 Å². The highest BCUT2D eigenvalue weighted by molar-refractivity contribution is 7.92. The van der Waals surface area contributed by atoms with Crippen LogP contribution in [0.4, 0.5) is 5.69 Å². The van der Waals surface area contributed by atoms with Crippen LogP contribution < -0.4 is 4.31 Å². The van der Waals surface area contributed by atoms with Crippen LogP contribution in [-0.2, 0) is 22.3 Å². The lowest BCUT2D eigenvalue weighted by Gasteiger charge is -2.25. The Bertz CT molecular complexity index is 855. The Hall–Kier alpha value is -1.93. The van der Waals surface area contributed by atoms with Crippen LogP contribution in [0.15, 0.2) is 48.5 Å². The van der Waals surface area contributed by atoms with Crippen molar-refractivity contribution < 1.29 is 18.6 Å². The number of nitrogens with zero attached hydrogens (tertiary/aromatic N) is 2. The van der Waals surface area contributed by atoms with Crippen molar-refractivity contribution in [1.82, 2.24) is 4.90 Å². The molecule has 2 N–H and O–H groups in total. The fourth-order valence-electron chi connectivity index (χ4n) is 3.25. The van der Waals surface area contributed by atoms with Gasteiger partial charge in [-0.25, -0.2) is 8.42 Å². The summed E-state index contributed by atoms with van der Waals surface area (Å²) >= 11 is 0. The van der Waals surface area contributed by atoms with E-state index in [1.807, 2.05) is 35.2 Å². The number of rotatable bonds is 7. The zero-order valence-electron chi connectivity index (χ0n) is 14.7. The zero-order valence-corrected chi connectivity index (χ0v) is 15.6. The minimum absolute atomic E-state index is 0.00673. The summed E-state index contributed by atoms with van der Waals surface area (Å²) < 4.78 is 25.3. The molecule has 3 rings (SSSR count). The third-order valence-electron chi connectivity index (χ3n) is 4.68. The molecule has 1 atom stereocenters. The van der Waals surface area contributed by atoms with Crippen LogP contribution in [0.3, 0.4) is 0 Å². The van der Waals surface area contributed by atoms with Crippen LogP contribution in [0.2, 0.25) is 0 Å². The number of fused-ring (bicyclic) bond motifs is 1. The second-order valence-electron chi connectivity index (χ2n) is 6.57. The lowest BCUT2D eigenvalue weighted by Crippen LogP contribution is -2.31. The van der Waals surface area contributed by atoms with Gasteiger partial charge in [-0.05, 0) is 28.8 Å². The van der Waals surface area contributed by atoms with E-state index in [2.05, 4.69) is 0 Å². The molecule has 0 bridgehead atoms. The molecule has 7 heteroatoms. The van der Waals surface area contributed by atoms with Gasteiger partial charge >= 0.3 is 0 Å². The molecule has 0 fully saturated rings. The van der Waals surface area contributed by atoms with Gasteiger partial charge < -0.3 is 10.2 Å². The second kappa shape index (κ2) is 7.75. The van der Waals surface area contributed by atoms with Gasteiger partial charge in [-0.1, -0.05) is 36.4 Å². The number of hydrogen-bond acceptors (Lipinski definition) is 5. The van der Waals surface area contributed by atoms with E-state index in [0.29, 0.717) is 36.4 Å². The molecule has 1 aliphatic rings. The molecule has 1 heterocycles. The first-order valence-electron chi connectivity index (χ1n) is 8.55. The molecule has 0 amide bonds. The first-order chi connectivity index (χ1) is 12.4.